The van der Waals surface area contributed by atoms with Crippen LogP contribution < -0.4 is 10.3 Å². The molecule has 3 aromatic heterocycles. The number of ether oxygens (including phenoxy) is 1. The van der Waals surface area contributed by atoms with Crippen LogP contribution in [-0.2, 0) is 0 Å². The van der Waals surface area contributed by atoms with Gasteiger partial charge in [0.15, 0.2) is 11.0 Å². The van der Waals surface area contributed by atoms with Gasteiger partial charge < -0.3 is 9.26 Å². The minimum atomic E-state index is -0.193. The van der Waals surface area contributed by atoms with E-state index in [0.29, 0.717) is 39.5 Å². The summed E-state index contributed by atoms with van der Waals surface area (Å²) in [5.74, 6) is 2.04. The van der Waals surface area contributed by atoms with Crippen molar-refractivity contribution in [2.75, 3.05) is 7.11 Å². The normalized spacial score (nSPS) is 12.5. The van der Waals surface area contributed by atoms with Crippen molar-refractivity contribution < 1.29 is 9.26 Å². The molecule has 10 heteroatoms. The second-order valence-electron chi connectivity index (χ2n) is 7.39. The van der Waals surface area contributed by atoms with Gasteiger partial charge in [0.25, 0.3) is 5.56 Å². The van der Waals surface area contributed by atoms with Gasteiger partial charge in [-0.15, -0.1) is 10.2 Å². The van der Waals surface area contributed by atoms with Gasteiger partial charge in [-0.25, -0.2) is 4.57 Å². The third-order valence-corrected chi connectivity index (χ3v) is 6.17. The van der Waals surface area contributed by atoms with Crippen LogP contribution in [0.3, 0.4) is 0 Å². The van der Waals surface area contributed by atoms with E-state index in [1.165, 1.54) is 11.8 Å². The fourth-order valence-electron chi connectivity index (χ4n) is 3.63. The molecule has 3 heterocycles. The molecule has 5 rings (SSSR count). The molecule has 1 atom stereocenters. The van der Waals surface area contributed by atoms with Gasteiger partial charge in [-0.1, -0.05) is 35.1 Å². The highest BCUT2D eigenvalue weighted by atomic mass is 32.2. The van der Waals surface area contributed by atoms with E-state index in [2.05, 4.69) is 20.3 Å². The summed E-state index contributed by atoms with van der Waals surface area (Å²) in [6, 6.07) is 13.1. The number of hydrogen-bond donors (Lipinski definition) is 0. The second kappa shape index (κ2) is 7.79. The third-order valence-electron chi connectivity index (χ3n) is 5.14. The molecule has 32 heavy (non-hydrogen) atoms. The first kappa shape index (κ1) is 20.3. The minimum Gasteiger partial charge on any atom is -0.495 e. The first-order valence-corrected chi connectivity index (χ1v) is 10.9. The van der Waals surface area contributed by atoms with Crippen LogP contribution in [0.5, 0.6) is 5.75 Å². The maximum Gasteiger partial charge on any atom is 0.267 e. The van der Waals surface area contributed by atoms with Gasteiger partial charge in [-0.2, -0.15) is 4.98 Å². The summed E-state index contributed by atoms with van der Waals surface area (Å²) >= 11 is 1.43. The van der Waals surface area contributed by atoms with Crippen molar-refractivity contribution in [2.24, 2.45) is 0 Å². The van der Waals surface area contributed by atoms with Crippen LogP contribution in [0.1, 0.15) is 29.5 Å². The number of fused-ring (bicyclic) bond motifs is 3. The van der Waals surface area contributed by atoms with E-state index >= 15 is 0 Å². The standard InChI is InChI=1S/C22H20N6O3S/c1-12-9-10-18(30-4)17(11-12)27-20(29)15-7-5-6-8-16(15)28-21(27)24-25-22(28)32-13(2)19-23-14(3)26-31-19/h5-11,13H,1-4H3. The molecule has 0 amide bonds. The predicted molar refractivity (Wildman–Crippen MR) is 121 cm³/mol. The van der Waals surface area contributed by atoms with E-state index in [1.54, 1.807) is 24.7 Å². The van der Waals surface area contributed by atoms with E-state index < -0.39 is 0 Å². The molecule has 0 bridgehead atoms. The SMILES string of the molecule is COc1ccc(C)cc1-n1c(=O)c2ccccc2n2c(SC(C)c3nc(C)no3)nnc12. The molecule has 9 nitrogen and oxygen atoms in total. The zero-order chi connectivity index (χ0) is 22.4. The summed E-state index contributed by atoms with van der Waals surface area (Å²) in [5.41, 5.74) is 2.13. The summed E-state index contributed by atoms with van der Waals surface area (Å²) in [5, 5.41) is 13.7. The highest BCUT2D eigenvalue weighted by Crippen LogP contribution is 2.34. The van der Waals surface area contributed by atoms with Gasteiger partial charge in [-0.05, 0) is 50.6 Å². The van der Waals surface area contributed by atoms with Crippen LogP contribution in [0.25, 0.3) is 22.4 Å². The highest BCUT2D eigenvalue weighted by molar-refractivity contribution is 7.99. The van der Waals surface area contributed by atoms with E-state index in [4.69, 9.17) is 9.26 Å². The number of aryl methyl sites for hydroxylation is 2. The third kappa shape index (κ3) is 3.23. The monoisotopic (exact) mass is 448 g/mol. The fourth-order valence-corrected chi connectivity index (χ4v) is 4.52. The molecule has 0 fully saturated rings. The highest BCUT2D eigenvalue weighted by Gasteiger charge is 2.23. The average Bonchev–Trinajstić information content (AvgIpc) is 3.41. The zero-order valence-electron chi connectivity index (χ0n) is 17.9. The fraction of sp³-hybridized carbons (Fsp3) is 0.227. The lowest BCUT2D eigenvalue weighted by molar-refractivity contribution is 0.376. The van der Waals surface area contributed by atoms with Crippen LogP contribution >= 0.6 is 11.8 Å². The van der Waals surface area contributed by atoms with Crippen molar-refractivity contribution >= 4 is 28.4 Å². The Morgan fingerprint density at radius 1 is 1.12 bits per heavy atom. The molecule has 0 N–H and O–H groups in total. The maximum atomic E-state index is 13.6. The zero-order valence-corrected chi connectivity index (χ0v) is 18.8. The summed E-state index contributed by atoms with van der Waals surface area (Å²) in [6.07, 6.45) is 0. The molecule has 0 saturated heterocycles. The Hall–Kier alpha value is -3.66. The van der Waals surface area contributed by atoms with E-state index in [1.807, 2.05) is 54.6 Å². The van der Waals surface area contributed by atoms with Crippen LogP contribution in [-0.4, -0.2) is 36.4 Å². The molecule has 0 radical (unpaired) electrons. The van der Waals surface area contributed by atoms with Crippen LogP contribution in [0.15, 0.2) is 56.9 Å². The topological polar surface area (TPSA) is 100 Å². The predicted octanol–water partition coefficient (Wildman–Crippen LogP) is 3.90. The molecule has 0 aliphatic carbocycles. The number of thioether (sulfide) groups is 1. The molecule has 0 aliphatic rings. The second-order valence-corrected chi connectivity index (χ2v) is 8.70. The lowest BCUT2D eigenvalue weighted by atomic mass is 10.2. The van der Waals surface area contributed by atoms with E-state index in [-0.39, 0.29) is 10.8 Å². The number of rotatable bonds is 5. The van der Waals surface area contributed by atoms with Crippen LogP contribution in [0.4, 0.5) is 0 Å². The summed E-state index contributed by atoms with van der Waals surface area (Å²) < 4.78 is 14.3. The summed E-state index contributed by atoms with van der Waals surface area (Å²) in [7, 11) is 1.58. The van der Waals surface area contributed by atoms with Crippen molar-refractivity contribution in [2.45, 2.75) is 31.2 Å². The Labute approximate surface area is 187 Å². The largest absolute Gasteiger partial charge is 0.495 e. The number of para-hydroxylation sites is 1. The molecule has 1 unspecified atom stereocenters. The van der Waals surface area contributed by atoms with Crippen molar-refractivity contribution in [3.8, 4) is 11.4 Å². The van der Waals surface area contributed by atoms with Gasteiger partial charge >= 0.3 is 0 Å². The number of nitrogens with zero attached hydrogens (tertiary/aromatic N) is 6. The molecule has 0 saturated carbocycles. The first-order chi connectivity index (χ1) is 15.5. The Bertz CT molecular complexity index is 1520. The number of methoxy groups -OCH3 is 1. The lowest BCUT2D eigenvalue weighted by Gasteiger charge is -2.15. The first-order valence-electron chi connectivity index (χ1n) is 9.98. The Balaban J connectivity index is 1.79. The molecule has 0 aliphatic heterocycles. The van der Waals surface area contributed by atoms with Crippen molar-refractivity contribution in [3.05, 3.63) is 70.1 Å². The van der Waals surface area contributed by atoms with Crippen LogP contribution in [0, 0.1) is 13.8 Å². The van der Waals surface area contributed by atoms with E-state index in [9.17, 15) is 4.79 Å². The average molecular weight is 449 g/mol. The number of hydrogen-bond acceptors (Lipinski definition) is 8. The van der Waals surface area contributed by atoms with Crippen LogP contribution in [0.2, 0.25) is 0 Å². The molecule has 162 valence electrons. The van der Waals surface area contributed by atoms with Gasteiger partial charge in [-0.3, -0.25) is 9.20 Å². The van der Waals surface area contributed by atoms with Crippen molar-refractivity contribution in [1.29, 1.82) is 0 Å². The maximum absolute atomic E-state index is 13.6. The van der Waals surface area contributed by atoms with Gasteiger partial charge in [0.2, 0.25) is 11.7 Å². The van der Waals surface area contributed by atoms with Crippen molar-refractivity contribution in [1.82, 2.24) is 29.3 Å². The Kier molecular flexibility index (Phi) is 4.93. The van der Waals surface area contributed by atoms with Crippen molar-refractivity contribution in [3.63, 3.8) is 0 Å². The minimum absolute atomic E-state index is 0.156. The quantitative estimate of drug-likeness (QED) is 0.373. The molecular weight excluding hydrogens is 428 g/mol. The lowest BCUT2D eigenvalue weighted by Crippen LogP contribution is -2.22. The molecular formula is C22H20N6O3S. The van der Waals surface area contributed by atoms with E-state index in [0.717, 1.165) is 11.1 Å². The molecule has 5 aromatic rings. The smallest absolute Gasteiger partial charge is 0.267 e. The summed E-state index contributed by atoms with van der Waals surface area (Å²) in [6.45, 7) is 5.70. The number of aromatic nitrogens is 6. The van der Waals surface area contributed by atoms with Gasteiger partial charge in [0.05, 0.1) is 29.0 Å². The molecule has 2 aromatic carbocycles. The molecule has 0 spiro atoms. The van der Waals surface area contributed by atoms with Gasteiger partial charge in [0.1, 0.15) is 5.75 Å². The summed E-state index contributed by atoms with van der Waals surface area (Å²) in [4.78, 5) is 17.9. The Morgan fingerprint density at radius 3 is 2.69 bits per heavy atom. The number of benzene rings is 2. The Morgan fingerprint density at radius 2 is 1.94 bits per heavy atom. The van der Waals surface area contributed by atoms with Gasteiger partial charge in [0, 0.05) is 0 Å².